The highest BCUT2D eigenvalue weighted by Crippen LogP contribution is 2.25. The van der Waals surface area contributed by atoms with Crippen LogP contribution in [0.25, 0.3) is 0 Å². The minimum absolute atomic E-state index is 0.0836. The molecule has 0 spiro atoms. The van der Waals surface area contributed by atoms with Crippen molar-refractivity contribution >= 4 is 52.0 Å². The molecule has 7 heteroatoms. The summed E-state index contributed by atoms with van der Waals surface area (Å²) in [6.45, 7) is 1.95. The fourth-order valence-corrected chi connectivity index (χ4v) is 3.51. The third-order valence-electron chi connectivity index (χ3n) is 2.44. The van der Waals surface area contributed by atoms with Crippen LogP contribution >= 0.6 is 34.7 Å². The number of halogens is 1. The maximum Gasteiger partial charge on any atom is 0.225 e. The first-order chi connectivity index (χ1) is 9.54. The van der Waals surface area contributed by atoms with E-state index in [2.05, 4.69) is 10.3 Å². The van der Waals surface area contributed by atoms with Gasteiger partial charge in [-0.05, 0) is 25.1 Å². The van der Waals surface area contributed by atoms with Gasteiger partial charge < -0.3 is 11.1 Å². The lowest BCUT2D eigenvalue weighted by atomic mass is 10.2. The lowest BCUT2D eigenvalue weighted by Gasteiger charge is -2.08. The number of carbonyl (C=O) groups is 1. The molecule has 0 aliphatic heterocycles. The van der Waals surface area contributed by atoms with Crippen LogP contribution in [-0.4, -0.2) is 16.6 Å². The Morgan fingerprint density at radius 2 is 2.35 bits per heavy atom. The Labute approximate surface area is 130 Å². The van der Waals surface area contributed by atoms with Crippen LogP contribution in [0.3, 0.4) is 0 Å². The molecule has 0 fully saturated rings. The Morgan fingerprint density at radius 3 is 3.05 bits per heavy atom. The zero-order valence-corrected chi connectivity index (χ0v) is 13.2. The van der Waals surface area contributed by atoms with Crippen LogP contribution in [0.15, 0.2) is 27.9 Å². The molecule has 1 aromatic carbocycles. The summed E-state index contributed by atoms with van der Waals surface area (Å²) in [6, 6.07) is 5.00. The molecule has 20 heavy (non-hydrogen) atoms. The largest absolute Gasteiger partial charge is 0.397 e. The molecule has 1 heterocycles. The minimum atomic E-state index is -0.0836. The van der Waals surface area contributed by atoms with Crippen molar-refractivity contribution in [2.45, 2.75) is 17.7 Å². The van der Waals surface area contributed by atoms with Gasteiger partial charge in [-0.25, -0.2) is 4.98 Å². The maximum absolute atomic E-state index is 11.8. The van der Waals surface area contributed by atoms with Gasteiger partial charge in [0.05, 0.1) is 11.4 Å². The Hall–Kier alpha value is -1.24. The van der Waals surface area contributed by atoms with E-state index in [-0.39, 0.29) is 5.91 Å². The second-order valence-corrected chi connectivity index (χ2v) is 6.77. The molecule has 0 unspecified atom stereocenters. The van der Waals surface area contributed by atoms with Crippen molar-refractivity contribution in [3.05, 3.63) is 34.3 Å². The van der Waals surface area contributed by atoms with E-state index < -0.39 is 0 Å². The zero-order valence-electron chi connectivity index (χ0n) is 10.9. The van der Waals surface area contributed by atoms with Gasteiger partial charge in [0.1, 0.15) is 4.34 Å². The second-order valence-electron chi connectivity index (χ2n) is 4.13. The number of thiazole rings is 1. The molecule has 0 saturated heterocycles. The molecule has 106 valence electrons. The van der Waals surface area contributed by atoms with E-state index in [1.165, 1.54) is 0 Å². The summed E-state index contributed by atoms with van der Waals surface area (Å²) in [5.41, 5.74) is 7.84. The SMILES string of the molecule is Cc1csc(SCCC(=O)Nc2cc(Cl)ccc2N)n1. The Balaban J connectivity index is 1.82. The molecule has 3 N–H and O–H groups in total. The standard InChI is InChI=1S/C13H14ClN3OS2/c1-8-7-20-13(16-8)19-5-4-12(18)17-11-6-9(14)2-3-10(11)15/h2-3,6-7H,4-5,15H2,1H3,(H,17,18). The van der Waals surface area contributed by atoms with Gasteiger partial charge >= 0.3 is 0 Å². The first-order valence-electron chi connectivity index (χ1n) is 5.94. The van der Waals surface area contributed by atoms with Crippen molar-refractivity contribution in [2.75, 3.05) is 16.8 Å². The number of nitrogen functional groups attached to an aromatic ring is 1. The number of anilines is 2. The van der Waals surface area contributed by atoms with Crippen LogP contribution in [0, 0.1) is 6.92 Å². The average Bonchev–Trinajstić information content (AvgIpc) is 2.80. The van der Waals surface area contributed by atoms with Gasteiger partial charge in [-0.1, -0.05) is 23.4 Å². The van der Waals surface area contributed by atoms with Gasteiger partial charge in [0.25, 0.3) is 0 Å². The summed E-state index contributed by atoms with van der Waals surface area (Å²) >= 11 is 9.04. The number of carbonyl (C=O) groups excluding carboxylic acids is 1. The number of nitrogens with zero attached hydrogens (tertiary/aromatic N) is 1. The van der Waals surface area contributed by atoms with Crippen molar-refractivity contribution < 1.29 is 4.79 Å². The summed E-state index contributed by atoms with van der Waals surface area (Å²) in [7, 11) is 0. The van der Waals surface area contributed by atoms with E-state index in [1.54, 1.807) is 41.3 Å². The number of thioether (sulfide) groups is 1. The quantitative estimate of drug-likeness (QED) is 0.647. The number of hydrogen-bond acceptors (Lipinski definition) is 5. The molecular weight excluding hydrogens is 314 g/mol. The number of amides is 1. The van der Waals surface area contributed by atoms with Crippen molar-refractivity contribution in [3.8, 4) is 0 Å². The predicted molar refractivity (Wildman–Crippen MR) is 86.7 cm³/mol. The molecular formula is C13H14ClN3OS2. The van der Waals surface area contributed by atoms with Crippen LogP contribution < -0.4 is 11.1 Å². The molecule has 2 aromatic rings. The molecule has 0 saturated carbocycles. The lowest BCUT2D eigenvalue weighted by molar-refractivity contribution is -0.115. The Morgan fingerprint density at radius 1 is 1.55 bits per heavy atom. The van der Waals surface area contributed by atoms with Crippen molar-refractivity contribution in [2.24, 2.45) is 0 Å². The Bertz CT molecular complexity index is 615. The topological polar surface area (TPSA) is 68.0 Å². The lowest BCUT2D eigenvalue weighted by Crippen LogP contribution is -2.13. The number of hydrogen-bond donors (Lipinski definition) is 2. The number of nitrogens with two attached hydrogens (primary N) is 1. The molecule has 2 rings (SSSR count). The minimum Gasteiger partial charge on any atom is -0.397 e. The van der Waals surface area contributed by atoms with Gasteiger partial charge in [0.2, 0.25) is 5.91 Å². The second kappa shape index (κ2) is 6.97. The fourth-order valence-electron chi connectivity index (χ4n) is 1.48. The van der Waals surface area contributed by atoms with E-state index in [4.69, 9.17) is 17.3 Å². The monoisotopic (exact) mass is 327 g/mol. The van der Waals surface area contributed by atoms with Crippen LogP contribution in [-0.2, 0) is 4.79 Å². The van der Waals surface area contributed by atoms with E-state index in [9.17, 15) is 4.79 Å². The highest BCUT2D eigenvalue weighted by Gasteiger charge is 2.07. The van der Waals surface area contributed by atoms with Gasteiger partial charge in [0.15, 0.2) is 0 Å². The summed E-state index contributed by atoms with van der Waals surface area (Å²) in [6.07, 6.45) is 0.398. The van der Waals surface area contributed by atoms with E-state index in [0.717, 1.165) is 10.0 Å². The number of aromatic nitrogens is 1. The van der Waals surface area contributed by atoms with Crippen molar-refractivity contribution in [1.82, 2.24) is 4.98 Å². The van der Waals surface area contributed by atoms with Crippen LogP contribution in [0.1, 0.15) is 12.1 Å². The summed E-state index contributed by atoms with van der Waals surface area (Å²) in [4.78, 5) is 16.2. The van der Waals surface area contributed by atoms with Crippen molar-refractivity contribution in [3.63, 3.8) is 0 Å². The molecule has 0 atom stereocenters. The number of rotatable bonds is 5. The third-order valence-corrected chi connectivity index (χ3v) is 4.82. The van der Waals surface area contributed by atoms with Gasteiger partial charge in [-0.2, -0.15) is 0 Å². The maximum atomic E-state index is 11.8. The summed E-state index contributed by atoms with van der Waals surface area (Å²) in [5, 5.41) is 5.30. The van der Waals surface area contributed by atoms with Gasteiger partial charge in [0, 0.05) is 28.3 Å². The highest BCUT2D eigenvalue weighted by molar-refractivity contribution is 8.01. The normalized spacial score (nSPS) is 10.5. The van der Waals surface area contributed by atoms with Crippen LogP contribution in [0.5, 0.6) is 0 Å². The molecule has 0 radical (unpaired) electrons. The van der Waals surface area contributed by atoms with Crippen LogP contribution in [0.4, 0.5) is 11.4 Å². The number of aryl methyl sites for hydroxylation is 1. The predicted octanol–water partition coefficient (Wildman–Crippen LogP) is 3.81. The molecule has 0 aliphatic rings. The molecule has 1 amide bonds. The zero-order chi connectivity index (χ0) is 14.5. The first-order valence-corrected chi connectivity index (χ1v) is 8.19. The number of nitrogens with one attached hydrogen (secondary N) is 1. The van der Waals surface area contributed by atoms with Gasteiger partial charge in [-0.15, -0.1) is 11.3 Å². The highest BCUT2D eigenvalue weighted by atomic mass is 35.5. The summed E-state index contributed by atoms with van der Waals surface area (Å²) < 4.78 is 0.984. The Kier molecular flexibility index (Phi) is 5.28. The van der Waals surface area contributed by atoms with Crippen LogP contribution in [0.2, 0.25) is 5.02 Å². The van der Waals surface area contributed by atoms with E-state index in [1.807, 2.05) is 12.3 Å². The van der Waals surface area contributed by atoms with Gasteiger partial charge in [-0.3, -0.25) is 4.79 Å². The molecule has 0 bridgehead atoms. The van der Waals surface area contributed by atoms with E-state index in [0.29, 0.717) is 28.6 Å². The third kappa shape index (κ3) is 4.40. The molecule has 1 aromatic heterocycles. The molecule has 4 nitrogen and oxygen atoms in total. The fraction of sp³-hybridized carbons (Fsp3) is 0.231. The van der Waals surface area contributed by atoms with E-state index >= 15 is 0 Å². The average molecular weight is 328 g/mol. The van der Waals surface area contributed by atoms with Crippen molar-refractivity contribution in [1.29, 1.82) is 0 Å². The smallest absolute Gasteiger partial charge is 0.225 e. The summed E-state index contributed by atoms with van der Waals surface area (Å²) in [5.74, 6) is 0.596. The number of benzene rings is 1. The first kappa shape index (κ1) is 15.2. The molecule has 0 aliphatic carbocycles.